The van der Waals surface area contributed by atoms with Gasteiger partial charge in [0.05, 0.1) is 0 Å². The van der Waals surface area contributed by atoms with Crippen molar-refractivity contribution in [3.63, 3.8) is 0 Å². The van der Waals surface area contributed by atoms with Crippen LogP contribution in [-0.2, 0) is 0 Å². The standard InChI is InChI=1S/C19H17F7N2O/c1-2-14(17(20,18(21,22)23)19(24,25)26)13-8-3-4-9-15(13)28-16(29)11-6-5-7-12(27)10-11/h3-10,14H,2,27H2,1H3,(H,28,29). The first-order valence-electron chi connectivity index (χ1n) is 8.41. The first kappa shape index (κ1) is 22.5. The Morgan fingerprint density at radius 2 is 1.55 bits per heavy atom. The largest absolute Gasteiger partial charge is 0.432 e. The van der Waals surface area contributed by atoms with Crippen molar-refractivity contribution in [3.05, 3.63) is 59.7 Å². The highest BCUT2D eigenvalue weighted by Crippen LogP contribution is 2.55. The van der Waals surface area contributed by atoms with Gasteiger partial charge in [-0.1, -0.05) is 31.2 Å². The number of halogens is 7. The number of para-hydroxylation sites is 1. The molecule has 2 aromatic carbocycles. The highest BCUT2D eigenvalue weighted by Gasteiger charge is 2.75. The molecule has 0 bridgehead atoms. The van der Waals surface area contributed by atoms with Crippen molar-refractivity contribution in [1.82, 2.24) is 0 Å². The number of amides is 1. The fraction of sp³-hybridized carbons (Fsp3) is 0.316. The van der Waals surface area contributed by atoms with E-state index in [-0.39, 0.29) is 16.9 Å². The van der Waals surface area contributed by atoms with Crippen LogP contribution in [0.4, 0.5) is 42.1 Å². The van der Waals surface area contributed by atoms with Crippen LogP contribution in [0.1, 0.15) is 35.2 Å². The molecule has 1 unspecified atom stereocenters. The summed E-state index contributed by atoms with van der Waals surface area (Å²) in [6.07, 6.45) is -13.2. The predicted octanol–water partition coefficient (Wildman–Crippen LogP) is 5.85. The van der Waals surface area contributed by atoms with Gasteiger partial charge in [-0.25, -0.2) is 4.39 Å². The molecule has 0 aliphatic rings. The Morgan fingerprint density at radius 1 is 0.966 bits per heavy atom. The molecule has 0 saturated heterocycles. The molecule has 0 saturated carbocycles. The third-order valence-electron chi connectivity index (χ3n) is 4.45. The van der Waals surface area contributed by atoms with Gasteiger partial charge in [-0.05, 0) is 36.2 Å². The molecule has 3 N–H and O–H groups in total. The van der Waals surface area contributed by atoms with Crippen LogP contribution in [0.25, 0.3) is 0 Å². The van der Waals surface area contributed by atoms with E-state index in [2.05, 4.69) is 5.32 Å². The Morgan fingerprint density at radius 3 is 2.07 bits per heavy atom. The van der Waals surface area contributed by atoms with Crippen molar-refractivity contribution in [1.29, 1.82) is 0 Å². The van der Waals surface area contributed by atoms with Gasteiger partial charge < -0.3 is 11.1 Å². The maximum atomic E-state index is 14.7. The molecule has 2 aromatic rings. The van der Waals surface area contributed by atoms with Gasteiger partial charge in [0.1, 0.15) is 0 Å². The summed E-state index contributed by atoms with van der Waals surface area (Å²) < 4.78 is 94.1. The number of carbonyl (C=O) groups is 1. The number of nitrogens with two attached hydrogens (primary N) is 1. The lowest BCUT2D eigenvalue weighted by molar-refractivity contribution is -0.349. The lowest BCUT2D eigenvalue weighted by atomic mass is 9.79. The Kier molecular flexibility index (Phi) is 6.15. The van der Waals surface area contributed by atoms with Gasteiger partial charge in [0, 0.05) is 22.9 Å². The van der Waals surface area contributed by atoms with Gasteiger partial charge in [-0.3, -0.25) is 4.79 Å². The van der Waals surface area contributed by atoms with Gasteiger partial charge in [0.25, 0.3) is 5.91 Å². The quantitative estimate of drug-likeness (QED) is 0.469. The van der Waals surface area contributed by atoms with Crippen LogP contribution in [0, 0.1) is 0 Å². The lowest BCUT2D eigenvalue weighted by Gasteiger charge is -2.37. The van der Waals surface area contributed by atoms with Crippen LogP contribution in [0.15, 0.2) is 48.5 Å². The summed E-state index contributed by atoms with van der Waals surface area (Å²) in [4.78, 5) is 12.4. The normalized spacial score (nSPS) is 13.8. The highest BCUT2D eigenvalue weighted by atomic mass is 19.4. The number of nitrogens with one attached hydrogen (secondary N) is 1. The Hall–Kier alpha value is -2.78. The number of alkyl halides is 7. The molecule has 29 heavy (non-hydrogen) atoms. The van der Waals surface area contributed by atoms with Crippen molar-refractivity contribution < 1.29 is 35.5 Å². The average Bonchev–Trinajstić information content (AvgIpc) is 2.61. The first-order chi connectivity index (χ1) is 13.3. The predicted molar refractivity (Wildman–Crippen MR) is 94.2 cm³/mol. The van der Waals surface area contributed by atoms with Crippen molar-refractivity contribution in [2.24, 2.45) is 0 Å². The minimum atomic E-state index is -6.21. The van der Waals surface area contributed by atoms with E-state index in [1.165, 1.54) is 36.4 Å². The highest BCUT2D eigenvalue weighted by molar-refractivity contribution is 6.05. The maximum absolute atomic E-state index is 14.7. The van der Waals surface area contributed by atoms with Crippen LogP contribution in [0.5, 0.6) is 0 Å². The Labute approximate surface area is 161 Å². The van der Waals surface area contributed by atoms with Crippen molar-refractivity contribution in [2.45, 2.75) is 37.3 Å². The number of hydrogen-bond donors (Lipinski definition) is 2. The van der Waals surface area contributed by atoms with E-state index in [4.69, 9.17) is 5.73 Å². The molecule has 1 amide bonds. The average molecular weight is 422 g/mol. The SMILES string of the molecule is CCC(c1ccccc1NC(=O)c1cccc(N)c1)C(F)(C(F)(F)F)C(F)(F)F. The van der Waals surface area contributed by atoms with Gasteiger partial charge in [-0.2, -0.15) is 26.3 Å². The molecule has 0 aliphatic heterocycles. The second kappa shape index (κ2) is 7.92. The fourth-order valence-electron chi connectivity index (χ4n) is 3.06. The lowest BCUT2D eigenvalue weighted by Crippen LogP contribution is -2.57. The molecule has 0 heterocycles. The van der Waals surface area contributed by atoms with Crippen molar-refractivity contribution in [3.8, 4) is 0 Å². The second-order valence-electron chi connectivity index (χ2n) is 6.33. The van der Waals surface area contributed by atoms with E-state index in [1.807, 2.05) is 0 Å². The third kappa shape index (κ3) is 4.30. The molecule has 1 atom stereocenters. The summed E-state index contributed by atoms with van der Waals surface area (Å²) in [6, 6.07) is 10.1. The van der Waals surface area contributed by atoms with Crippen LogP contribution in [-0.4, -0.2) is 23.9 Å². The molecule has 3 nitrogen and oxygen atoms in total. The number of hydrogen-bond acceptors (Lipinski definition) is 2. The van der Waals surface area contributed by atoms with Crippen molar-refractivity contribution in [2.75, 3.05) is 11.1 Å². The van der Waals surface area contributed by atoms with Gasteiger partial charge in [0.2, 0.25) is 0 Å². The van der Waals surface area contributed by atoms with Gasteiger partial charge in [-0.15, -0.1) is 0 Å². The van der Waals surface area contributed by atoms with E-state index in [1.54, 1.807) is 0 Å². The molecular weight excluding hydrogens is 405 g/mol. The van der Waals surface area contributed by atoms with Crippen LogP contribution < -0.4 is 11.1 Å². The van der Waals surface area contributed by atoms with E-state index < -0.39 is 41.8 Å². The number of nitrogen functional groups attached to an aromatic ring is 1. The van der Waals surface area contributed by atoms with Gasteiger partial charge >= 0.3 is 18.0 Å². The second-order valence-corrected chi connectivity index (χ2v) is 6.33. The first-order valence-corrected chi connectivity index (χ1v) is 8.41. The molecule has 158 valence electrons. The minimum Gasteiger partial charge on any atom is -0.399 e. The summed E-state index contributed by atoms with van der Waals surface area (Å²) >= 11 is 0. The molecule has 0 aliphatic carbocycles. The third-order valence-corrected chi connectivity index (χ3v) is 4.45. The van der Waals surface area contributed by atoms with E-state index in [0.717, 1.165) is 19.1 Å². The maximum Gasteiger partial charge on any atom is 0.432 e. The van der Waals surface area contributed by atoms with Crippen LogP contribution in [0.3, 0.4) is 0 Å². The molecule has 0 radical (unpaired) electrons. The minimum absolute atomic E-state index is 0.0333. The number of rotatable bonds is 5. The van der Waals surface area contributed by atoms with E-state index in [9.17, 15) is 35.5 Å². The van der Waals surface area contributed by atoms with Crippen molar-refractivity contribution >= 4 is 17.3 Å². The molecule has 0 fully saturated rings. The van der Waals surface area contributed by atoms with Crippen LogP contribution in [0.2, 0.25) is 0 Å². The number of anilines is 2. The molecule has 0 spiro atoms. The fourth-order valence-corrected chi connectivity index (χ4v) is 3.06. The summed E-state index contributed by atoms with van der Waals surface area (Å²) in [7, 11) is 0. The molecule has 10 heteroatoms. The number of carbonyl (C=O) groups excluding carboxylic acids is 1. The molecule has 0 aromatic heterocycles. The van der Waals surface area contributed by atoms with E-state index >= 15 is 0 Å². The van der Waals surface area contributed by atoms with Crippen LogP contribution >= 0.6 is 0 Å². The van der Waals surface area contributed by atoms with E-state index in [0.29, 0.717) is 0 Å². The number of benzene rings is 2. The molecule has 2 rings (SSSR count). The molecular formula is C19H17F7N2O. The topological polar surface area (TPSA) is 55.1 Å². The van der Waals surface area contributed by atoms with Gasteiger partial charge in [0.15, 0.2) is 0 Å². The zero-order valence-electron chi connectivity index (χ0n) is 15.0. The Balaban J connectivity index is 2.53. The summed E-state index contributed by atoms with van der Waals surface area (Å²) in [6.45, 7) is 1.01. The smallest absolute Gasteiger partial charge is 0.399 e. The Bertz CT molecular complexity index is 863. The zero-order valence-corrected chi connectivity index (χ0v) is 15.0. The summed E-state index contributed by atoms with van der Waals surface area (Å²) in [5.74, 6) is -3.44. The zero-order chi connectivity index (χ0) is 22.0. The summed E-state index contributed by atoms with van der Waals surface area (Å²) in [5, 5.41) is 2.25. The monoisotopic (exact) mass is 422 g/mol. The summed E-state index contributed by atoms with van der Waals surface area (Å²) in [5.41, 5.74) is -0.646.